The van der Waals surface area contributed by atoms with Gasteiger partial charge in [-0.3, -0.25) is 0 Å². The molecule has 3 atom stereocenters. The quantitative estimate of drug-likeness (QED) is 0.834. The summed E-state index contributed by atoms with van der Waals surface area (Å²) in [5.74, 6) is 1.03. The maximum atomic E-state index is 10.2. The Bertz CT molecular complexity index is 334. The molecule has 0 aromatic carbocycles. The zero-order chi connectivity index (χ0) is 11.8. The van der Waals surface area contributed by atoms with Crippen molar-refractivity contribution in [2.45, 2.75) is 51.7 Å². The average Bonchev–Trinajstić information content (AvgIpc) is 2.69. The maximum Gasteiger partial charge on any atom is 0.0951 e. The molecule has 1 aromatic rings. The number of rotatable bonds is 2. The molecule has 16 heavy (non-hydrogen) atoms. The summed E-state index contributed by atoms with van der Waals surface area (Å²) in [6.07, 6.45) is 8.57. The fraction of sp³-hybridized carbons (Fsp3) is 0.769. The van der Waals surface area contributed by atoms with Gasteiger partial charge in [0, 0.05) is 17.9 Å². The maximum absolute atomic E-state index is 10.2. The van der Waals surface area contributed by atoms with Gasteiger partial charge in [-0.05, 0) is 38.0 Å². The van der Waals surface area contributed by atoms with Crippen LogP contribution in [0.1, 0.15) is 40.0 Å². The molecule has 1 aliphatic rings. The molecule has 1 aliphatic carbocycles. The third kappa shape index (κ3) is 2.01. The molecule has 0 unspecified atom stereocenters. The summed E-state index contributed by atoms with van der Waals surface area (Å²) >= 11 is 0. The number of hydrogen-bond donors (Lipinski definition) is 1. The van der Waals surface area contributed by atoms with Gasteiger partial charge in [-0.2, -0.15) is 0 Å². The second kappa shape index (κ2) is 4.21. The Morgan fingerprint density at radius 1 is 1.50 bits per heavy atom. The zero-order valence-corrected chi connectivity index (χ0v) is 10.4. The topological polar surface area (TPSA) is 38.0 Å². The summed E-state index contributed by atoms with van der Waals surface area (Å²) in [7, 11) is 0. The lowest BCUT2D eigenvalue weighted by Gasteiger charge is -2.42. The number of aliphatic hydroxyl groups is 1. The molecular formula is C13H22N2O. The highest BCUT2D eigenvalue weighted by Gasteiger charge is 2.38. The van der Waals surface area contributed by atoms with Gasteiger partial charge in [-0.25, -0.2) is 4.98 Å². The molecule has 1 heterocycles. The molecule has 0 spiro atoms. The summed E-state index contributed by atoms with van der Waals surface area (Å²) in [6.45, 7) is 6.62. The number of aliphatic hydroxyl groups excluding tert-OH is 1. The molecule has 1 fully saturated rings. The molecule has 0 bridgehead atoms. The monoisotopic (exact) mass is 222 g/mol. The van der Waals surface area contributed by atoms with Gasteiger partial charge >= 0.3 is 0 Å². The minimum absolute atomic E-state index is 0.0430. The van der Waals surface area contributed by atoms with Crippen LogP contribution in [0.25, 0.3) is 0 Å². The van der Waals surface area contributed by atoms with E-state index in [4.69, 9.17) is 0 Å². The van der Waals surface area contributed by atoms with Crippen molar-refractivity contribution in [3.05, 3.63) is 18.7 Å². The van der Waals surface area contributed by atoms with E-state index in [0.717, 1.165) is 19.3 Å². The van der Waals surface area contributed by atoms with E-state index >= 15 is 0 Å². The van der Waals surface area contributed by atoms with Gasteiger partial charge in [-0.1, -0.05) is 13.8 Å². The number of hydrogen-bond acceptors (Lipinski definition) is 2. The summed E-state index contributed by atoms with van der Waals surface area (Å²) < 4.78 is 2.15. The van der Waals surface area contributed by atoms with E-state index < -0.39 is 0 Å². The first-order chi connectivity index (χ1) is 7.53. The van der Waals surface area contributed by atoms with Crippen molar-refractivity contribution in [3.63, 3.8) is 0 Å². The third-order valence-corrected chi connectivity index (χ3v) is 4.14. The fourth-order valence-corrected chi connectivity index (χ4v) is 2.96. The van der Waals surface area contributed by atoms with E-state index in [1.165, 1.54) is 0 Å². The fourth-order valence-electron chi connectivity index (χ4n) is 2.96. The van der Waals surface area contributed by atoms with Crippen molar-refractivity contribution < 1.29 is 5.11 Å². The van der Waals surface area contributed by atoms with E-state index in [1.54, 1.807) is 0 Å². The Kier molecular flexibility index (Phi) is 3.06. The van der Waals surface area contributed by atoms with E-state index in [-0.39, 0.29) is 11.6 Å². The molecule has 0 aliphatic heterocycles. The van der Waals surface area contributed by atoms with Crippen LogP contribution in [0.15, 0.2) is 18.7 Å². The van der Waals surface area contributed by atoms with Gasteiger partial charge in [0.05, 0.1) is 12.4 Å². The molecule has 2 rings (SSSR count). The SMILES string of the molecule is CC(C)[C@@H]1CC[C@@](C)(n2ccnc2)C[C@H]1O. The first-order valence-corrected chi connectivity index (χ1v) is 6.19. The molecule has 3 heteroatoms. The second-order valence-electron chi connectivity index (χ2n) is 5.68. The van der Waals surface area contributed by atoms with E-state index in [2.05, 4.69) is 30.3 Å². The summed E-state index contributed by atoms with van der Waals surface area (Å²) in [4.78, 5) is 4.10. The molecule has 0 radical (unpaired) electrons. The summed E-state index contributed by atoms with van der Waals surface area (Å²) in [5.41, 5.74) is 0.0430. The molecule has 1 saturated carbocycles. The predicted octanol–water partition coefficient (Wildman–Crippen LogP) is 2.42. The van der Waals surface area contributed by atoms with Gasteiger partial charge in [0.2, 0.25) is 0 Å². The van der Waals surface area contributed by atoms with Crippen LogP contribution >= 0.6 is 0 Å². The first kappa shape index (κ1) is 11.6. The lowest BCUT2D eigenvalue weighted by molar-refractivity contribution is -0.00512. The third-order valence-electron chi connectivity index (χ3n) is 4.14. The van der Waals surface area contributed by atoms with Crippen molar-refractivity contribution in [1.82, 2.24) is 9.55 Å². The highest BCUT2D eigenvalue weighted by Crippen LogP contribution is 2.40. The van der Waals surface area contributed by atoms with E-state index in [1.807, 2.05) is 18.7 Å². The Hall–Kier alpha value is -0.830. The van der Waals surface area contributed by atoms with Crippen molar-refractivity contribution in [2.75, 3.05) is 0 Å². The molecule has 0 saturated heterocycles. The largest absolute Gasteiger partial charge is 0.393 e. The zero-order valence-electron chi connectivity index (χ0n) is 10.4. The normalized spacial score (nSPS) is 35.6. The van der Waals surface area contributed by atoms with Crippen molar-refractivity contribution in [1.29, 1.82) is 0 Å². The Labute approximate surface area is 97.5 Å². The van der Waals surface area contributed by atoms with Gasteiger partial charge in [0.15, 0.2) is 0 Å². The van der Waals surface area contributed by atoms with E-state index in [9.17, 15) is 5.11 Å². The van der Waals surface area contributed by atoms with Gasteiger partial charge in [0.1, 0.15) is 0 Å². The van der Waals surface area contributed by atoms with Crippen molar-refractivity contribution >= 4 is 0 Å². The molecule has 1 aromatic heterocycles. The number of aromatic nitrogens is 2. The van der Waals surface area contributed by atoms with Crippen LogP contribution in [0.4, 0.5) is 0 Å². The highest BCUT2D eigenvalue weighted by molar-refractivity contribution is 4.95. The van der Waals surface area contributed by atoms with Gasteiger partial charge in [0.25, 0.3) is 0 Å². The summed E-state index contributed by atoms with van der Waals surface area (Å²) in [5, 5.41) is 10.2. The van der Waals surface area contributed by atoms with Crippen LogP contribution in [0.3, 0.4) is 0 Å². The van der Waals surface area contributed by atoms with Crippen molar-refractivity contribution in [3.8, 4) is 0 Å². The van der Waals surface area contributed by atoms with Gasteiger partial charge < -0.3 is 9.67 Å². The molecule has 3 nitrogen and oxygen atoms in total. The van der Waals surface area contributed by atoms with E-state index in [0.29, 0.717) is 11.8 Å². The molecule has 1 N–H and O–H groups in total. The lowest BCUT2D eigenvalue weighted by atomic mass is 9.71. The second-order valence-corrected chi connectivity index (χ2v) is 5.68. The molecular weight excluding hydrogens is 200 g/mol. The Morgan fingerprint density at radius 2 is 2.25 bits per heavy atom. The minimum Gasteiger partial charge on any atom is -0.393 e. The lowest BCUT2D eigenvalue weighted by Crippen LogP contribution is -2.43. The van der Waals surface area contributed by atoms with Gasteiger partial charge in [-0.15, -0.1) is 0 Å². The Balaban J connectivity index is 2.12. The average molecular weight is 222 g/mol. The van der Waals surface area contributed by atoms with Crippen LogP contribution in [-0.2, 0) is 5.54 Å². The summed E-state index contributed by atoms with van der Waals surface area (Å²) in [6, 6.07) is 0. The van der Waals surface area contributed by atoms with Crippen LogP contribution in [-0.4, -0.2) is 20.8 Å². The predicted molar refractivity (Wildman–Crippen MR) is 64.1 cm³/mol. The molecule has 0 amide bonds. The van der Waals surface area contributed by atoms with Crippen LogP contribution in [0.5, 0.6) is 0 Å². The number of imidazole rings is 1. The van der Waals surface area contributed by atoms with Crippen LogP contribution in [0.2, 0.25) is 0 Å². The van der Waals surface area contributed by atoms with Crippen molar-refractivity contribution in [2.24, 2.45) is 11.8 Å². The smallest absolute Gasteiger partial charge is 0.0951 e. The first-order valence-electron chi connectivity index (χ1n) is 6.19. The standard InChI is InChI=1S/C13H22N2O/c1-10(2)11-4-5-13(3,8-12(11)16)15-7-6-14-9-15/h6-7,9-12,16H,4-5,8H2,1-3H3/t11-,12+,13+/m0/s1. The van der Waals surface area contributed by atoms with Crippen LogP contribution < -0.4 is 0 Å². The molecule has 90 valence electrons. The van der Waals surface area contributed by atoms with Crippen LogP contribution in [0, 0.1) is 11.8 Å². The number of nitrogens with zero attached hydrogens (tertiary/aromatic N) is 2. The Morgan fingerprint density at radius 3 is 2.75 bits per heavy atom. The minimum atomic E-state index is -0.179. The highest BCUT2D eigenvalue weighted by atomic mass is 16.3.